The molecule has 148 valence electrons. The lowest BCUT2D eigenvalue weighted by molar-refractivity contribution is -0.137. The summed E-state index contributed by atoms with van der Waals surface area (Å²) in [6.45, 7) is 2.12. The van der Waals surface area contributed by atoms with Crippen LogP contribution in [0.3, 0.4) is 0 Å². The minimum atomic E-state index is -4.44. The second kappa shape index (κ2) is 7.32. The van der Waals surface area contributed by atoms with Gasteiger partial charge in [0.15, 0.2) is 0 Å². The third kappa shape index (κ3) is 3.86. The molecule has 0 aliphatic carbocycles. The molecule has 0 aliphatic rings. The molecule has 0 saturated heterocycles. The molecule has 4 rings (SSSR count). The molecule has 0 spiro atoms. The number of amides is 1. The summed E-state index contributed by atoms with van der Waals surface area (Å²) in [4.78, 5) is 17.6. The van der Waals surface area contributed by atoms with E-state index in [1.54, 1.807) is 43.6 Å². The summed E-state index contributed by atoms with van der Waals surface area (Å²) in [5.41, 5.74) is 1.11. The molecule has 0 aliphatic heterocycles. The lowest BCUT2D eigenvalue weighted by atomic mass is 10.2. The van der Waals surface area contributed by atoms with Gasteiger partial charge in [-0.25, -0.2) is 4.68 Å². The van der Waals surface area contributed by atoms with Crippen LogP contribution in [0.2, 0.25) is 0 Å². The van der Waals surface area contributed by atoms with Crippen molar-refractivity contribution >= 4 is 27.5 Å². The number of nitrogens with zero attached hydrogens (tertiary/aromatic N) is 3. The lowest BCUT2D eigenvalue weighted by Gasteiger charge is -2.09. The molecule has 4 aromatic rings. The highest BCUT2D eigenvalue weighted by Crippen LogP contribution is 2.33. The monoisotopic (exact) mass is 416 g/mol. The number of benzene rings is 1. The van der Waals surface area contributed by atoms with Gasteiger partial charge >= 0.3 is 6.18 Å². The average Bonchev–Trinajstić information content (AvgIpc) is 3.27. The molecule has 29 heavy (non-hydrogen) atoms. The molecule has 1 aromatic carbocycles. The number of pyridine rings is 1. The Kier molecular flexibility index (Phi) is 4.83. The number of fused-ring (bicyclic) bond motifs is 1. The Morgan fingerprint density at radius 2 is 1.93 bits per heavy atom. The van der Waals surface area contributed by atoms with Crippen LogP contribution < -0.4 is 5.32 Å². The molecular formula is C20H15F3N4OS. The summed E-state index contributed by atoms with van der Waals surface area (Å²) in [6, 6.07) is 10.3. The van der Waals surface area contributed by atoms with Gasteiger partial charge in [-0.3, -0.25) is 9.78 Å². The van der Waals surface area contributed by atoms with Gasteiger partial charge in [0.1, 0.15) is 4.83 Å². The van der Waals surface area contributed by atoms with Gasteiger partial charge in [0.05, 0.1) is 21.8 Å². The van der Waals surface area contributed by atoms with E-state index in [9.17, 15) is 18.0 Å². The van der Waals surface area contributed by atoms with Crippen LogP contribution in [-0.2, 0) is 12.7 Å². The fourth-order valence-electron chi connectivity index (χ4n) is 2.92. The van der Waals surface area contributed by atoms with Gasteiger partial charge in [0.25, 0.3) is 5.91 Å². The number of nitrogens with one attached hydrogen (secondary N) is 1. The molecular weight excluding hydrogens is 401 g/mol. The van der Waals surface area contributed by atoms with E-state index in [-0.39, 0.29) is 5.91 Å². The highest BCUT2D eigenvalue weighted by molar-refractivity contribution is 7.20. The van der Waals surface area contributed by atoms with Crippen LogP contribution in [0, 0.1) is 6.92 Å². The number of halogens is 3. The normalized spacial score (nSPS) is 11.7. The summed E-state index contributed by atoms with van der Waals surface area (Å²) in [6.07, 6.45) is -1.15. The van der Waals surface area contributed by atoms with E-state index in [2.05, 4.69) is 15.4 Å². The quantitative estimate of drug-likeness (QED) is 0.523. The first kappa shape index (κ1) is 19.1. The van der Waals surface area contributed by atoms with Crippen LogP contribution in [-0.4, -0.2) is 20.7 Å². The van der Waals surface area contributed by atoms with Crippen molar-refractivity contribution in [1.82, 2.24) is 20.1 Å². The van der Waals surface area contributed by atoms with E-state index in [0.717, 1.165) is 23.1 Å². The van der Waals surface area contributed by atoms with Gasteiger partial charge in [-0.2, -0.15) is 18.3 Å². The smallest absolute Gasteiger partial charge is 0.347 e. The standard InChI is InChI=1S/C20H15F3N4OS/c1-12-16-10-17(18(28)25-11-13-5-7-24-8-6-13)29-19(16)27(26-12)15-4-2-3-14(9-15)20(21,22)23/h2-10H,11H2,1H3,(H,25,28). The number of hydrogen-bond donors (Lipinski definition) is 1. The molecule has 0 bridgehead atoms. The Morgan fingerprint density at radius 1 is 1.17 bits per heavy atom. The van der Waals surface area contributed by atoms with Crippen molar-refractivity contribution in [2.24, 2.45) is 0 Å². The Morgan fingerprint density at radius 3 is 2.66 bits per heavy atom. The molecule has 3 heterocycles. The number of thiophene rings is 1. The lowest BCUT2D eigenvalue weighted by Crippen LogP contribution is -2.21. The third-order valence-electron chi connectivity index (χ3n) is 4.39. The Balaban J connectivity index is 1.65. The molecule has 1 amide bonds. The topological polar surface area (TPSA) is 59.8 Å². The van der Waals surface area contributed by atoms with Gasteiger partial charge in [0, 0.05) is 24.3 Å². The maximum Gasteiger partial charge on any atom is 0.416 e. The maximum absolute atomic E-state index is 13.1. The fraction of sp³-hybridized carbons (Fsp3) is 0.150. The number of carbonyl (C=O) groups is 1. The van der Waals surface area contributed by atoms with E-state index < -0.39 is 11.7 Å². The van der Waals surface area contributed by atoms with Crippen molar-refractivity contribution in [2.45, 2.75) is 19.6 Å². The summed E-state index contributed by atoms with van der Waals surface area (Å²) in [7, 11) is 0. The molecule has 0 radical (unpaired) electrons. The zero-order valence-electron chi connectivity index (χ0n) is 15.2. The predicted molar refractivity (Wildman–Crippen MR) is 104 cm³/mol. The Labute approximate surface area is 167 Å². The van der Waals surface area contributed by atoms with Gasteiger partial charge in [-0.1, -0.05) is 6.07 Å². The highest BCUT2D eigenvalue weighted by atomic mass is 32.1. The van der Waals surface area contributed by atoms with E-state index in [4.69, 9.17) is 0 Å². The summed E-state index contributed by atoms with van der Waals surface area (Å²) in [5.74, 6) is -0.252. The van der Waals surface area contributed by atoms with Crippen LogP contribution >= 0.6 is 11.3 Å². The predicted octanol–water partition coefficient (Wildman–Crippen LogP) is 4.74. The van der Waals surface area contributed by atoms with Crippen LogP contribution in [0.5, 0.6) is 0 Å². The number of hydrogen-bond acceptors (Lipinski definition) is 4. The van der Waals surface area contributed by atoms with E-state index in [1.807, 2.05) is 0 Å². The molecule has 0 saturated carbocycles. The van der Waals surface area contributed by atoms with Crippen molar-refractivity contribution in [1.29, 1.82) is 0 Å². The minimum absolute atomic E-state index is 0.252. The minimum Gasteiger partial charge on any atom is -0.347 e. The van der Waals surface area contributed by atoms with Crippen LogP contribution in [0.25, 0.3) is 15.9 Å². The third-order valence-corrected chi connectivity index (χ3v) is 5.50. The van der Waals surface area contributed by atoms with Crippen LogP contribution in [0.15, 0.2) is 54.9 Å². The number of alkyl halides is 3. The fourth-order valence-corrected chi connectivity index (χ4v) is 4.02. The maximum atomic E-state index is 13.1. The Bertz CT molecular complexity index is 1180. The van der Waals surface area contributed by atoms with Gasteiger partial charge in [-0.15, -0.1) is 11.3 Å². The zero-order chi connectivity index (χ0) is 20.6. The van der Waals surface area contributed by atoms with Crippen molar-refractivity contribution in [2.75, 3.05) is 0 Å². The molecule has 9 heteroatoms. The van der Waals surface area contributed by atoms with Crippen LogP contribution in [0.4, 0.5) is 13.2 Å². The first-order valence-electron chi connectivity index (χ1n) is 8.67. The van der Waals surface area contributed by atoms with E-state index >= 15 is 0 Å². The van der Waals surface area contributed by atoms with Crippen molar-refractivity contribution in [3.05, 3.63) is 76.6 Å². The van der Waals surface area contributed by atoms with E-state index in [1.165, 1.54) is 22.1 Å². The molecule has 1 N–H and O–H groups in total. The second-order valence-electron chi connectivity index (χ2n) is 6.41. The Hall–Kier alpha value is -3.20. The van der Waals surface area contributed by atoms with Crippen molar-refractivity contribution in [3.63, 3.8) is 0 Å². The molecule has 0 unspecified atom stereocenters. The van der Waals surface area contributed by atoms with Gasteiger partial charge in [-0.05, 0) is 48.9 Å². The molecule has 3 aromatic heterocycles. The molecule has 5 nitrogen and oxygen atoms in total. The summed E-state index contributed by atoms with van der Waals surface area (Å²) >= 11 is 1.19. The van der Waals surface area contributed by atoms with Gasteiger partial charge < -0.3 is 5.32 Å². The van der Waals surface area contributed by atoms with Gasteiger partial charge in [0.2, 0.25) is 0 Å². The first-order chi connectivity index (χ1) is 13.8. The first-order valence-corrected chi connectivity index (χ1v) is 9.48. The SMILES string of the molecule is Cc1nn(-c2cccc(C(F)(F)F)c2)c2sc(C(=O)NCc3ccncc3)cc12. The van der Waals surface area contributed by atoms with Crippen LogP contribution in [0.1, 0.15) is 26.5 Å². The highest BCUT2D eigenvalue weighted by Gasteiger charge is 2.30. The summed E-state index contributed by atoms with van der Waals surface area (Å²) in [5, 5.41) is 7.93. The molecule has 0 fully saturated rings. The average molecular weight is 416 g/mol. The number of aryl methyl sites for hydroxylation is 1. The number of rotatable bonds is 4. The molecule has 0 atom stereocenters. The van der Waals surface area contributed by atoms with Crippen molar-refractivity contribution < 1.29 is 18.0 Å². The zero-order valence-corrected chi connectivity index (χ0v) is 16.0. The van der Waals surface area contributed by atoms with Crippen molar-refractivity contribution in [3.8, 4) is 5.69 Å². The second-order valence-corrected chi connectivity index (χ2v) is 7.44. The largest absolute Gasteiger partial charge is 0.416 e. The summed E-state index contributed by atoms with van der Waals surface area (Å²) < 4.78 is 40.6. The van der Waals surface area contributed by atoms with E-state index in [0.29, 0.717) is 27.6 Å². The number of aromatic nitrogens is 3. The number of carbonyl (C=O) groups excluding carboxylic acids is 1.